The molecule has 0 bridgehead atoms. The van der Waals surface area contributed by atoms with Gasteiger partial charge < -0.3 is 15.0 Å². The fraction of sp³-hybridized carbons (Fsp3) is 0.321. The number of ether oxygens (including phenoxy) is 1. The van der Waals surface area contributed by atoms with E-state index in [0.29, 0.717) is 23.2 Å². The number of methoxy groups -OCH3 is 1. The number of guanidine groups is 1. The number of likely N-dealkylation sites (tertiary alicyclic amines) is 1. The Morgan fingerprint density at radius 3 is 2.54 bits per heavy atom. The van der Waals surface area contributed by atoms with Crippen molar-refractivity contribution in [1.29, 1.82) is 0 Å². The van der Waals surface area contributed by atoms with Crippen molar-refractivity contribution in [2.45, 2.75) is 24.7 Å². The molecule has 5 rings (SSSR count). The van der Waals surface area contributed by atoms with Crippen LogP contribution in [-0.2, 0) is 10.0 Å². The number of likely N-dealkylation sites (N-methyl/N-ethyl adjacent to an activating group) is 1. The highest BCUT2D eigenvalue weighted by atomic mass is 35.5. The maximum absolute atomic E-state index is 13.0. The van der Waals surface area contributed by atoms with E-state index in [1.54, 1.807) is 38.4 Å². The molecule has 0 radical (unpaired) electrons. The minimum atomic E-state index is -3.56. The molecule has 0 spiro atoms. The maximum Gasteiger partial charge on any atom is 0.242 e. The topological polar surface area (TPSA) is 98.3 Å². The molecule has 206 valence electrons. The molecule has 0 amide bonds. The van der Waals surface area contributed by atoms with E-state index < -0.39 is 10.0 Å². The zero-order valence-corrected chi connectivity index (χ0v) is 23.9. The lowest BCUT2D eigenvalue weighted by Crippen LogP contribution is -2.37. The van der Waals surface area contributed by atoms with Gasteiger partial charge in [0.2, 0.25) is 16.0 Å². The number of nitrogens with zero attached hydrogens (tertiary/aromatic N) is 3. The molecule has 9 nitrogen and oxygen atoms in total. The van der Waals surface area contributed by atoms with Crippen molar-refractivity contribution in [3.8, 4) is 16.9 Å². The summed E-state index contributed by atoms with van der Waals surface area (Å²) in [5, 5.41) is 3.85. The Hall–Kier alpha value is -3.31. The molecule has 2 aliphatic rings. The van der Waals surface area contributed by atoms with Gasteiger partial charge in [0.25, 0.3) is 0 Å². The van der Waals surface area contributed by atoms with Crippen LogP contribution in [0.5, 0.6) is 5.75 Å². The van der Waals surface area contributed by atoms with Crippen LogP contribution in [0.15, 0.2) is 64.5 Å². The third-order valence-corrected chi connectivity index (χ3v) is 9.28. The summed E-state index contributed by atoms with van der Waals surface area (Å²) in [7, 11) is -0.295. The van der Waals surface area contributed by atoms with Gasteiger partial charge in [-0.2, -0.15) is 4.31 Å². The maximum atomic E-state index is 13.0. The zero-order chi connectivity index (χ0) is 27.6. The number of aryl methyl sites for hydroxylation is 1. The predicted octanol–water partition coefficient (Wildman–Crippen LogP) is 5.07. The van der Waals surface area contributed by atoms with Crippen molar-refractivity contribution in [3.05, 3.63) is 65.2 Å². The molecule has 0 aromatic heterocycles. The van der Waals surface area contributed by atoms with E-state index >= 15 is 0 Å². The Kier molecular flexibility index (Phi) is 7.99. The number of aliphatic imine (C=N–C) groups is 1. The molecule has 0 saturated carbocycles. The van der Waals surface area contributed by atoms with Crippen molar-refractivity contribution in [2.24, 2.45) is 4.99 Å². The number of rotatable bonds is 8. The number of sulfonamides is 1. The first kappa shape index (κ1) is 27.3. The number of anilines is 2. The van der Waals surface area contributed by atoms with E-state index in [9.17, 15) is 8.42 Å². The Labute approximate surface area is 234 Å². The number of hydrogen-bond donors (Lipinski definition) is 3. The van der Waals surface area contributed by atoms with Crippen LogP contribution < -0.4 is 20.9 Å². The van der Waals surface area contributed by atoms with E-state index in [-0.39, 0.29) is 4.90 Å². The number of fused-ring (bicyclic) bond motifs is 1. The Bertz CT molecular complexity index is 1490. The summed E-state index contributed by atoms with van der Waals surface area (Å²) in [5.74, 6) is 1.23. The molecule has 1 fully saturated rings. The summed E-state index contributed by atoms with van der Waals surface area (Å²) in [6.07, 6.45) is 2.37. The van der Waals surface area contributed by atoms with Crippen LogP contribution in [0.1, 0.15) is 18.4 Å². The summed E-state index contributed by atoms with van der Waals surface area (Å²) >= 11 is 6.46. The van der Waals surface area contributed by atoms with E-state index in [1.165, 1.54) is 17.1 Å². The molecular formula is C28H33ClN6O3S. The van der Waals surface area contributed by atoms with Gasteiger partial charge >= 0.3 is 0 Å². The van der Waals surface area contributed by atoms with Gasteiger partial charge in [-0.25, -0.2) is 13.4 Å². The van der Waals surface area contributed by atoms with Gasteiger partial charge in [0.05, 0.1) is 23.4 Å². The summed E-state index contributed by atoms with van der Waals surface area (Å²) in [6, 6.07) is 16.3. The zero-order valence-electron chi connectivity index (χ0n) is 22.3. The normalized spacial score (nSPS) is 15.4. The quantitative estimate of drug-likeness (QED) is 0.349. The largest absolute Gasteiger partial charge is 0.497 e. The standard InChI is InChI=1S/C28H33ClN6O3S/c1-19-16-20(24-18-22(38-3)8-11-25(24)29)17-26-27(19)31-28(33-32-26)30-21-6-9-23(10-7-21)39(36,37)34(2)14-15-35-12-4-5-13-35/h6-11,16-18,32H,4-5,12-15H2,1-3H3,(H2,30,31,33). The number of hydrazine groups is 1. The number of halogens is 1. The molecular weight excluding hydrogens is 536 g/mol. The fourth-order valence-corrected chi connectivity index (χ4v) is 6.18. The first-order chi connectivity index (χ1) is 18.7. The van der Waals surface area contributed by atoms with Crippen molar-refractivity contribution >= 4 is 44.6 Å². The van der Waals surface area contributed by atoms with Gasteiger partial charge in [0, 0.05) is 36.4 Å². The second-order valence-corrected chi connectivity index (χ2v) is 12.2. The lowest BCUT2D eigenvalue weighted by Gasteiger charge is -2.23. The third kappa shape index (κ3) is 5.99. The van der Waals surface area contributed by atoms with Gasteiger partial charge in [-0.15, -0.1) is 0 Å². The summed E-state index contributed by atoms with van der Waals surface area (Å²) < 4.78 is 32.8. The van der Waals surface area contributed by atoms with Gasteiger partial charge in [-0.1, -0.05) is 11.6 Å². The first-order valence-electron chi connectivity index (χ1n) is 12.9. The summed E-state index contributed by atoms with van der Waals surface area (Å²) in [4.78, 5) is 7.30. The van der Waals surface area contributed by atoms with Gasteiger partial charge in [0.15, 0.2) is 0 Å². The fourth-order valence-electron chi connectivity index (χ4n) is 4.79. The highest BCUT2D eigenvalue weighted by molar-refractivity contribution is 7.89. The molecule has 39 heavy (non-hydrogen) atoms. The molecule has 1 saturated heterocycles. The van der Waals surface area contributed by atoms with Crippen LogP contribution in [0.3, 0.4) is 0 Å². The van der Waals surface area contributed by atoms with Crippen LogP contribution in [-0.4, -0.2) is 63.9 Å². The summed E-state index contributed by atoms with van der Waals surface area (Å²) in [6.45, 7) is 5.30. The molecule has 0 aliphatic carbocycles. The van der Waals surface area contributed by atoms with Crippen LogP contribution >= 0.6 is 11.6 Å². The average molecular weight is 569 g/mol. The Balaban J connectivity index is 1.28. The Morgan fingerprint density at radius 2 is 1.82 bits per heavy atom. The smallest absolute Gasteiger partial charge is 0.242 e. The van der Waals surface area contributed by atoms with Gasteiger partial charge in [-0.05, 0) is 98.6 Å². The predicted molar refractivity (Wildman–Crippen MR) is 158 cm³/mol. The molecule has 2 heterocycles. The highest BCUT2D eigenvalue weighted by Crippen LogP contribution is 2.39. The molecule has 3 aromatic carbocycles. The number of hydrogen-bond acceptors (Lipinski definition) is 8. The first-order valence-corrected chi connectivity index (χ1v) is 14.7. The van der Waals surface area contributed by atoms with Gasteiger partial charge in [0.1, 0.15) is 5.75 Å². The SMILES string of the molecule is COc1ccc(Cl)c(-c2cc(C)c3c(c2)NNC(Nc2ccc(S(=O)(=O)N(C)CCN4CCCC4)cc2)=N3)c1. The number of benzene rings is 3. The van der Waals surface area contributed by atoms with Crippen LogP contribution in [0.2, 0.25) is 5.02 Å². The lowest BCUT2D eigenvalue weighted by atomic mass is 10.0. The molecule has 0 atom stereocenters. The number of nitrogens with one attached hydrogen (secondary N) is 3. The van der Waals surface area contributed by atoms with Crippen molar-refractivity contribution in [2.75, 3.05) is 51.1 Å². The second kappa shape index (κ2) is 11.4. The highest BCUT2D eigenvalue weighted by Gasteiger charge is 2.22. The van der Waals surface area contributed by atoms with E-state index in [4.69, 9.17) is 21.3 Å². The van der Waals surface area contributed by atoms with Crippen LogP contribution in [0.25, 0.3) is 11.1 Å². The summed E-state index contributed by atoms with van der Waals surface area (Å²) in [5.41, 5.74) is 11.4. The van der Waals surface area contributed by atoms with Crippen molar-refractivity contribution in [3.63, 3.8) is 0 Å². The minimum absolute atomic E-state index is 0.263. The van der Waals surface area contributed by atoms with E-state index in [0.717, 1.165) is 53.4 Å². The van der Waals surface area contributed by atoms with E-state index in [2.05, 4.69) is 21.1 Å². The molecule has 11 heteroatoms. The Morgan fingerprint density at radius 1 is 1.08 bits per heavy atom. The van der Waals surface area contributed by atoms with Crippen molar-refractivity contribution in [1.82, 2.24) is 14.6 Å². The van der Waals surface area contributed by atoms with Crippen LogP contribution in [0.4, 0.5) is 17.1 Å². The van der Waals surface area contributed by atoms with E-state index in [1.807, 2.05) is 37.3 Å². The lowest BCUT2D eigenvalue weighted by molar-refractivity contribution is 0.310. The van der Waals surface area contributed by atoms with Gasteiger partial charge in [-0.3, -0.25) is 10.9 Å². The molecule has 3 N–H and O–H groups in total. The van der Waals surface area contributed by atoms with Crippen LogP contribution in [0, 0.1) is 6.92 Å². The minimum Gasteiger partial charge on any atom is -0.497 e. The van der Waals surface area contributed by atoms with Crippen molar-refractivity contribution < 1.29 is 13.2 Å². The monoisotopic (exact) mass is 568 g/mol. The molecule has 0 unspecified atom stereocenters. The second-order valence-electron chi connectivity index (χ2n) is 9.77. The third-order valence-electron chi connectivity index (χ3n) is 7.08. The average Bonchev–Trinajstić information content (AvgIpc) is 3.46. The molecule has 2 aliphatic heterocycles. The molecule has 3 aromatic rings.